The van der Waals surface area contributed by atoms with Crippen molar-refractivity contribution >= 4 is 44.6 Å². The molecule has 0 atom stereocenters. The summed E-state index contributed by atoms with van der Waals surface area (Å²) in [6.07, 6.45) is 1.93. The fourth-order valence-electron chi connectivity index (χ4n) is 10.4. The molecule has 5 nitrogen and oxygen atoms in total. The molecule has 0 bridgehead atoms. The molecule has 0 spiro atoms. The van der Waals surface area contributed by atoms with Crippen molar-refractivity contribution in [2.45, 2.75) is 176 Å². The second-order valence-electron chi connectivity index (χ2n) is 27.8. The Morgan fingerprint density at radius 3 is 1.56 bits per heavy atom. The van der Waals surface area contributed by atoms with Crippen LogP contribution in [0, 0.1) is 18.8 Å². The van der Waals surface area contributed by atoms with E-state index in [2.05, 4.69) is 287 Å². The number of fused-ring (bicyclic) bond motifs is 4. The van der Waals surface area contributed by atoms with Crippen molar-refractivity contribution in [3.8, 4) is 17.3 Å². The van der Waals surface area contributed by atoms with Gasteiger partial charge in [-0.3, -0.25) is 0 Å². The molecule has 0 saturated carbocycles. The predicted molar refractivity (Wildman–Crippen MR) is 315 cm³/mol. The van der Waals surface area contributed by atoms with Crippen LogP contribution in [0.1, 0.15) is 183 Å². The largest absolute Gasteiger partial charge is 0.509 e. The topological polar surface area (TPSA) is 33.5 Å². The smallest absolute Gasteiger partial charge is 0.135 e. The van der Waals surface area contributed by atoms with E-state index in [4.69, 9.17) is 9.72 Å². The fourth-order valence-corrected chi connectivity index (χ4v) is 10.4. The molecule has 2 aromatic heterocycles. The van der Waals surface area contributed by atoms with Crippen LogP contribution in [0.3, 0.4) is 0 Å². The quantitative estimate of drug-likeness (QED) is 0.149. The summed E-state index contributed by atoms with van der Waals surface area (Å²) in [6.45, 7) is 48.4. The Hall–Kier alpha value is -5.64. The van der Waals surface area contributed by atoms with Gasteiger partial charge in [0.2, 0.25) is 0 Å². The van der Waals surface area contributed by atoms with Gasteiger partial charge in [0, 0.05) is 61.3 Å². The van der Waals surface area contributed by atoms with Gasteiger partial charge in [-0.25, -0.2) is 4.98 Å². The minimum atomic E-state index is -0.393. The molecule has 1 aliphatic rings. The third-order valence-corrected chi connectivity index (χ3v) is 15.3. The van der Waals surface area contributed by atoms with Crippen LogP contribution < -0.4 is 14.5 Å². The Labute approximate surface area is 465 Å². The molecular formula is C69H81N4OPt-3. The van der Waals surface area contributed by atoms with Gasteiger partial charge in [-0.2, -0.15) is 6.07 Å². The zero-order valence-corrected chi connectivity index (χ0v) is 50.9. The van der Waals surface area contributed by atoms with Gasteiger partial charge in [-0.1, -0.05) is 193 Å². The molecule has 0 aliphatic carbocycles. The maximum Gasteiger partial charge on any atom is 0.135 e. The van der Waals surface area contributed by atoms with Crippen molar-refractivity contribution < 1.29 is 25.8 Å². The maximum atomic E-state index is 7.15. The zero-order chi connectivity index (χ0) is 53.9. The molecule has 1 aliphatic heterocycles. The molecule has 396 valence electrons. The average Bonchev–Trinajstić information content (AvgIpc) is 3.85. The Balaban J connectivity index is 0.00000747. The van der Waals surface area contributed by atoms with Gasteiger partial charge in [-0.15, -0.1) is 53.6 Å². The minimum absolute atomic E-state index is 0. The van der Waals surface area contributed by atoms with Gasteiger partial charge >= 0.3 is 0 Å². The van der Waals surface area contributed by atoms with E-state index in [9.17, 15) is 0 Å². The standard InChI is InChI=1S/C69H81N4O.Pt/c1-63(2,3)45-26-29-58-55(37-45)54-28-27-52(40-59(54)73(58)62-38-46(30-31-70-62)64(4,5)6)74-53-36-49(69(19,20)44-24-22-21-23-25-44)35-51(39-53)72-43-71(50-33-47(65(7,8)9)32-48(34-50)66(10,11)12)60-41-56(67(13,14)15)57(42-61(60)72)68(16,17)18;/h21-38,41-43H,1-20H3;/q-3;. The first-order chi connectivity index (χ1) is 34.2. The third kappa shape index (κ3) is 10.9. The molecule has 6 aromatic carbocycles. The summed E-state index contributed by atoms with van der Waals surface area (Å²) >= 11 is 0. The summed E-state index contributed by atoms with van der Waals surface area (Å²) in [5.41, 5.74) is 15.6. The normalized spacial score (nSPS) is 13.9. The van der Waals surface area contributed by atoms with Crippen LogP contribution in [0.15, 0.2) is 121 Å². The first-order valence-electron chi connectivity index (χ1n) is 26.8. The van der Waals surface area contributed by atoms with Crippen LogP contribution in [-0.2, 0) is 59.0 Å². The van der Waals surface area contributed by atoms with Gasteiger partial charge in [0.1, 0.15) is 5.82 Å². The van der Waals surface area contributed by atoms with Crippen LogP contribution in [0.25, 0.3) is 27.6 Å². The SMILES string of the molecule is CC(C)(C)c1cc(N2[CH-]N(c3[c-]c(Oc4[c-]c5c(cc4)c4cc(C(C)(C)C)ccc4n5-c4cc(C(C)(C)C)ccn4)cc(C(C)(C)c4ccccc4)c3)c3cc(C(C)(C)C)c(C(C)(C)C)cc32)cc(C(C)(C)C)c1.[Pt]. The molecule has 3 heterocycles. The Bertz CT molecular complexity index is 3390. The van der Waals surface area contributed by atoms with E-state index in [1.54, 1.807) is 0 Å². The summed E-state index contributed by atoms with van der Waals surface area (Å²) < 4.78 is 9.41. The summed E-state index contributed by atoms with van der Waals surface area (Å²) in [7, 11) is 0. The van der Waals surface area contributed by atoms with Gasteiger partial charge in [0.15, 0.2) is 0 Å². The summed E-state index contributed by atoms with van der Waals surface area (Å²) in [5.74, 6) is 2.07. The first kappa shape index (κ1) is 55.6. The number of hydrogen-bond acceptors (Lipinski definition) is 4. The van der Waals surface area contributed by atoms with Crippen LogP contribution in [0.2, 0.25) is 0 Å². The van der Waals surface area contributed by atoms with Gasteiger partial charge in [0.05, 0.1) is 0 Å². The number of pyridine rings is 1. The van der Waals surface area contributed by atoms with Crippen molar-refractivity contribution in [1.29, 1.82) is 0 Å². The van der Waals surface area contributed by atoms with Gasteiger partial charge < -0.3 is 19.1 Å². The minimum Gasteiger partial charge on any atom is -0.509 e. The van der Waals surface area contributed by atoms with Gasteiger partial charge in [0.25, 0.3) is 0 Å². The Kier molecular flexibility index (Phi) is 14.2. The molecule has 0 N–H and O–H groups in total. The van der Waals surface area contributed by atoms with E-state index < -0.39 is 5.41 Å². The van der Waals surface area contributed by atoms with Crippen molar-refractivity contribution in [2.24, 2.45) is 0 Å². The maximum absolute atomic E-state index is 7.15. The first-order valence-corrected chi connectivity index (χ1v) is 26.8. The molecule has 8 aromatic rings. The number of ether oxygens (including phenoxy) is 1. The average molecular weight is 1180 g/mol. The molecule has 75 heavy (non-hydrogen) atoms. The molecule has 0 radical (unpaired) electrons. The number of aromatic nitrogens is 2. The number of rotatable bonds is 7. The third-order valence-electron chi connectivity index (χ3n) is 15.3. The second kappa shape index (κ2) is 19.1. The monoisotopic (exact) mass is 1180 g/mol. The van der Waals surface area contributed by atoms with E-state index >= 15 is 0 Å². The summed E-state index contributed by atoms with van der Waals surface area (Å²) in [4.78, 5) is 9.77. The second-order valence-corrected chi connectivity index (χ2v) is 27.8. The van der Waals surface area contributed by atoms with E-state index in [-0.39, 0.29) is 53.6 Å². The molecule has 6 heteroatoms. The molecule has 0 fully saturated rings. The van der Waals surface area contributed by atoms with E-state index in [1.807, 2.05) is 6.20 Å². The van der Waals surface area contributed by atoms with E-state index in [0.717, 1.165) is 50.6 Å². The Morgan fingerprint density at radius 1 is 0.440 bits per heavy atom. The van der Waals surface area contributed by atoms with Crippen LogP contribution >= 0.6 is 0 Å². The van der Waals surface area contributed by atoms with Crippen molar-refractivity contribution in [3.05, 3.63) is 185 Å². The fraction of sp³-hybridized carbons (Fsp3) is 0.391. The number of benzene rings is 6. The summed E-state index contributed by atoms with van der Waals surface area (Å²) in [6, 6.07) is 50.5. The number of nitrogens with zero attached hydrogens (tertiary/aromatic N) is 4. The van der Waals surface area contributed by atoms with Crippen molar-refractivity contribution in [2.75, 3.05) is 9.80 Å². The molecule has 0 unspecified atom stereocenters. The molecular weight excluding hydrogens is 1100 g/mol. The van der Waals surface area contributed by atoms with Crippen LogP contribution in [0.5, 0.6) is 11.5 Å². The van der Waals surface area contributed by atoms with Crippen molar-refractivity contribution in [3.63, 3.8) is 0 Å². The summed E-state index contributed by atoms with van der Waals surface area (Å²) in [5, 5.41) is 2.26. The number of anilines is 4. The zero-order valence-electron chi connectivity index (χ0n) is 48.6. The Morgan fingerprint density at radius 2 is 1.00 bits per heavy atom. The van der Waals surface area contributed by atoms with Crippen LogP contribution in [-0.4, -0.2) is 9.55 Å². The molecule has 0 saturated heterocycles. The van der Waals surface area contributed by atoms with E-state index in [0.29, 0.717) is 11.5 Å². The number of hydrogen-bond donors (Lipinski definition) is 0. The van der Waals surface area contributed by atoms with Crippen molar-refractivity contribution in [1.82, 2.24) is 9.55 Å². The predicted octanol–water partition coefficient (Wildman–Crippen LogP) is 19.1. The van der Waals surface area contributed by atoms with E-state index in [1.165, 1.54) is 44.3 Å². The van der Waals surface area contributed by atoms with Crippen LogP contribution in [0.4, 0.5) is 22.7 Å². The molecule has 0 amide bonds. The van der Waals surface area contributed by atoms with Gasteiger partial charge in [-0.05, 0) is 125 Å². The molecule has 9 rings (SSSR count).